The SMILES string of the molecule is CCCCCSc1nnc2c(n1)O[C@@H](c1cc(Cl)ccc1OC)N(C(C)=O)c1ccccc1-2. The largest absolute Gasteiger partial charge is 0.496 e. The molecule has 0 aliphatic carbocycles. The van der Waals surface area contributed by atoms with Gasteiger partial charge >= 0.3 is 0 Å². The van der Waals surface area contributed by atoms with Gasteiger partial charge in [0.1, 0.15) is 5.75 Å². The lowest BCUT2D eigenvalue weighted by Crippen LogP contribution is -2.36. The highest BCUT2D eigenvalue weighted by Gasteiger charge is 2.36. The Hall–Kier alpha value is -2.84. The number of unbranched alkanes of at least 4 members (excludes halogenated alkanes) is 2. The zero-order valence-corrected chi connectivity index (χ0v) is 20.3. The van der Waals surface area contributed by atoms with Gasteiger partial charge in [0.25, 0.3) is 0 Å². The van der Waals surface area contributed by atoms with Crippen LogP contribution in [-0.4, -0.2) is 34.0 Å². The molecule has 0 radical (unpaired) electrons. The number of amides is 1. The molecule has 0 saturated heterocycles. The van der Waals surface area contributed by atoms with E-state index in [9.17, 15) is 4.79 Å². The summed E-state index contributed by atoms with van der Waals surface area (Å²) in [7, 11) is 1.57. The number of ether oxygens (including phenoxy) is 2. The lowest BCUT2D eigenvalue weighted by molar-refractivity contribution is -0.118. The Morgan fingerprint density at radius 1 is 1.21 bits per heavy atom. The van der Waals surface area contributed by atoms with E-state index in [1.807, 2.05) is 24.3 Å². The number of halogens is 1. The highest BCUT2D eigenvalue weighted by molar-refractivity contribution is 7.99. The fraction of sp³-hybridized carbons (Fsp3) is 0.333. The monoisotopic (exact) mass is 484 g/mol. The van der Waals surface area contributed by atoms with E-state index in [-0.39, 0.29) is 5.91 Å². The van der Waals surface area contributed by atoms with Gasteiger partial charge < -0.3 is 9.47 Å². The molecule has 1 amide bonds. The molecule has 0 unspecified atom stereocenters. The summed E-state index contributed by atoms with van der Waals surface area (Å²) >= 11 is 7.86. The molecule has 1 aliphatic rings. The molecule has 3 aromatic rings. The molecule has 9 heteroatoms. The molecule has 0 bridgehead atoms. The minimum Gasteiger partial charge on any atom is -0.496 e. The van der Waals surface area contributed by atoms with Gasteiger partial charge in [-0.1, -0.05) is 61.3 Å². The Morgan fingerprint density at radius 3 is 2.79 bits per heavy atom. The topological polar surface area (TPSA) is 77.4 Å². The Morgan fingerprint density at radius 2 is 2.03 bits per heavy atom. The van der Waals surface area contributed by atoms with Gasteiger partial charge in [0.2, 0.25) is 23.2 Å². The van der Waals surface area contributed by atoms with Crippen molar-refractivity contribution in [1.29, 1.82) is 0 Å². The smallest absolute Gasteiger partial charge is 0.247 e. The summed E-state index contributed by atoms with van der Waals surface area (Å²) in [5.74, 6) is 1.55. The van der Waals surface area contributed by atoms with Crippen molar-refractivity contribution in [1.82, 2.24) is 15.2 Å². The third-order valence-corrected chi connectivity index (χ3v) is 6.45. The number of hydrogen-bond donors (Lipinski definition) is 0. The van der Waals surface area contributed by atoms with E-state index in [4.69, 9.17) is 21.1 Å². The zero-order valence-electron chi connectivity index (χ0n) is 18.7. The van der Waals surface area contributed by atoms with Gasteiger partial charge in [-0.05, 0) is 30.7 Å². The second kappa shape index (κ2) is 10.4. The number of para-hydroxylation sites is 1. The molecule has 2 heterocycles. The third kappa shape index (κ3) is 4.91. The van der Waals surface area contributed by atoms with Crippen LogP contribution >= 0.6 is 23.4 Å². The first-order valence-corrected chi connectivity index (χ1v) is 12.2. The second-order valence-corrected chi connectivity index (χ2v) is 9.06. The standard InChI is InChI=1S/C24H25ClN4O3S/c1-4-5-8-13-33-24-26-22-21(27-28-24)17-9-6-7-10-19(17)29(15(2)30)23(32-22)18-14-16(25)11-12-20(18)31-3/h6-7,9-12,14,23H,4-5,8,13H2,1-3H3/t23-/m0/s1. The summed E-state index contributed by atoms with van der Waals surface area (Å²) in [6.45, 7) is 3.66. The van der Waals surface area contributed by atoms with Crippen LogP contribution in [0.5, 0.6) is 11.6 Å². The van der Waals surface area contributed by atoms with E-state index in [0.29, 0.717) is 44.3 Å². The highest BCUT2D eigenvalue weighted by Crippen LogP contribution is 2.45. The van der Waals surface area contributed by atoms with Crippen molar-refractivity contribution in [2.75, 3.05) is 17.8 Å². The fourth-order valence-corrected chi connectivity index (χ4v) is 4.69. The van der Waals surface area contributed by atoms with Crippen LogP contribution in [0.1, 0.15) is 44.9 Å². The number of benzene rings is 2. The summed E-state index contributed by atoms with van der Waals surface area (Å²) in [6.07, 6.45) is 2.52. The molecule has 4 rings (SSSR count). The van der Waals surface area contributed by atoms with Gasteiger partial charge in [-0.2, -0.15) is 4.98 Å². The molecule has 0 fully saturated rings. The van der Waals surface area contributed by atoms with Crippen LogP contribution in [0.15, 0.2) is 47.6 Å². The van der Waals surface area contributed by atoms with Crippen LogP contribution in [-0.2, 0) is 4.79 Å². The summed E-state index contributed by atoms with van der Waals surface area (Å²) in [4.78, 5) is 19.2. The number of thioether (sulfide) groups is 1. The molecular weight excluding hydrogens is 460 g/mol. The van der Waals surface area contributed by atoms with E-state index in [2.05, 4.69) is 22.1 Å². The quantitative estimate of drug-likeness (QED) is 0.304. The van der Waals surface area contributed by atoms with Crippen molar-refractivity contribution in [3.63, 3.8) is 0 Å². The zero-order chi connectivity index (χ0) is 23.4. The summed E-state index contributed by atoms with van der Waals surface area (Å²) in [5, 5.41) is 9.81. The van der Waals surface area contributed by atoms with Crippen molar-refractivity contribution in [3.8, 4) is 22.9 Å². The minimum atomic E-state index is -0.854. The molecule has 1 atom stereocenters. The average molecular weight is 485 g/mol. The molecule has 1 aliphatic heterocycles. The first kappa shape index (κ1) is 23.3. The normalized spacial score (nSPS) is 14.7. The number of aromatic nitrogens is 3. The third-order valence-electron chi connectivity index (χ3n) is 5.29. The Balaban J connectivity index is 1.85. The van der Waals surface area contributed by atoms with Crippen molar-refractivity contribution in [2.45, 2.75) is 44.5 Å². The number of methoxy groups -OCH3 is 1. The molecule has 2 aromatic carbocycles. The van der Waals surface area contributed by atoms with E-state index in [1.54, 1.807) is 42.0 Å². The average Bonchev–Trinajstić information content (AvgIpc) is 2.96. The van der Waals surface area contributed by atoms with Crippen molar-refractivity contribution < 1.29 is 14.3 Å². The molecule has 0 N–H and O–H groups in total. The molecule has 0 spiro atoms. The Kier molecular flexibility index (Phi) is 7.35. The number of rotatable bonds is 7. The van der Waals surface area contributed by atoms with Crippen LogP contribution in [0.2, 0.25) is 5.02 Å². The number of anilines is 1. The van der Waals surface area contributed by atoms with Crippen LogP contribution in [0, 0.1) is 0 Å². The molecule has 7 nitrogen and oxygen atoms in total. The number of nitrogens with zero attached hydrogens (tertiary/aromatic N) is 4. The van der Waals surface area contributed by atoms with E-state index < -0.39 is 6.23 Å². The Bertz CT molecular complexity index is 1160. The molecular formula is C24H25ClN4O3S. The molecule has 172 valence electrons. The van der Waals surface area contributed by atoms with E-state index in [1.165, 1.54) is 6.92 Å². The summed E-state index contributed by atoms with van der Waals surface area (Å²) in [5.41, 5.74) is 2.46. The summed E-state index contributed by atoms with van der Waals surface area (Å²) < 4.78 is 12.0. The van der Waals surface area contributed by atoms with Gasteiger partial charge in [0, 0.05) is 23.3 Å². The number of fused-ring (bicyclic) bond motifs is 3. The van der Waals surface area contributed by atoms with Crippen molar-refractivity contribution in [3.05, 3.63) is 53.1 Å². The lowest BCUT2D eigenvalue weighted by Gasteiger charge is -2.30. The molecule has 33 heavy (non-hydrogen) atoms. The molecule has 1 aromatic heterocycles. The Labute approximate surface area is 202 Å². The predicted molar refractivity (Wildman–Crippen MR) is 130 cm³/mol. The number of carbonyl (C=O) groups excluding carboxylic acids is 1. The summed E-state index contributed by atoms with van der Waals surface area (Å²) in [6, 6.07) is 12.7. The highest BCUT2D eigenvalue weighted by atomic mass is 35.5. The minimum absolute atomic E-state index is 0.204. The number of carbonyl (C=O) groups is 1. The van der Waals surface area contributed by atoms with Crippen LogP contribution < -0.4 is 14.4 Å². The van der Waals surface area contributed by atoms with Gasteiger partial charge in [-0.25, -0.2) is 0 Å². The van der Waals surface area contributed by atoms with Gasteiger partial charge in [-0.15, -0.1) is 10.2 Å². The van der Waals surface area contributed by atoms with Crippen LogP contribution in [0.4, 0.5) is 5.69 Å². The van der Waals surface area contributed by atoms with Gasteiger partial charge in [0.15, 0.2) is 5.69 Å². The predicted octanol–water partition coefficient (Wildman–Crippen LogP) is 5.93. The van der Waals surface area contributed by atoms with Crippen LogP contribution in [0.3, 0.4) is 0 Å². The molecule has 0 saturated carbocycles. The maximum atomic E-state index is 12.9. The first-order chi connectivity index (χ1) is 16.0. The lowest BCUT2D eigenvalue weighted by atomic mass is 10.1. The van der Waals surface area contributed by atoms with Crippen LogP contribution in [0.25, 0.3) is 11.3 Å². The van der Waals surface area contributed by atoms with Crippen molar-refractivity contribution >= 4 is 35.0 Å². The second-order valence-electron chi connectivity index (χ2n) is 7.57. The fourth-order valence-electron chi connectivity index (χ4n) is 3.73. The maximum Gasteiger partial charge on any atom is 0.247 e. The van der Waals surface area contributed by atoms with E-state index >= 15 is 0 Å². The maximum absolute atomic E-state index is 12.9. The van der Waals surface area contributed by atoms with Crippen molar-refractivity contribution in [2.24, 2.45) is 0 Å². The van der Waals surface area contributed by atoms with Gasteiger partial charge in [0.05, 0.1) is 18.4 Å². The van der Waals surface area contributed by atoms with E-state index in [0.717, 1.165) is 25.0 Å². The first-order valence-electron chi connectivity index (χ1n) is 10.8. The number of hydrogen-bond acceptors (Lipinski definition) is 7. The van der Waals surface area contributed by atoms with Gasteiger partial charge in [-0.3, -0.25) is 9.69 Å².